The van der Waals surface area contributed by atoms with E-state index < -0.39 is 0 Å². The van der Waals surface area contributed by atoms with Crippen LogP contribution in [0.5, 0.6) is 0 Å². The van der Waals surface area contributed by atoms with E-state index in [-0.39, 0.29) is 23.1 Å². The molecule has 0 saturated heterocycles. The molecule has 58 valence electrons. The summed E-state index contributed by atoms with van der Waals surface area (Å²) < 4.78 is 0. The summed E-state index contributed by atoms with van der Waals surface area (Å²) in [5.41, 5.74) is 2.68. The fourth-order valence-electron chi connectivity index (χ4n) is 0.807. The zero-order valence-corrected chi connectivity index (χ0v) is 8.14. The lowest BCUT2D eigenvalue weighted by atomic mass is 10.2. The minimum atomic E-state index is 0. The standard InChI is InChI=1S/C8H10.BrH.H3N/c1-7-4-3-5-8(2)6-7;;/h3-6H,1-2H3;1H;1H3. The van der Waals surface area contributed by atoms with E-state index in [1.54, 1.807) is 0 Å². The molecule has 1 aromatic carbocycles. The van der Waals surface area contributed by atoms with Crippen molar-refractivity contribution in [1.29, 1.82) is 0 Å². The maximum Gasteiger partial charge on any atom is -0.0398 e. The van der Waals surface area contributed by atoms with Crippen LogP contribution >= 0.6 is 17.0 Å². The van der Waals surface area contributed by atoms with Gasteiger partial charge in [0.25, 0.3) is 0 Å². The van der Waals surface area contributed by atoms with Gasteiger partial charge in [0.2, 0.25) is 0 Å². The number of hydrogen-bond donors (Lipinski definition) is 1. The Morgan fingerprint density at radius 3 is 1.60 bits per heavy atom. The first-order valence-electron chi connectivity index (χ1n) is 2.82. The SMILES string of the molecule is Br.Cc1cccc(C)c1.N. The first kappa shape index (κ1) is 12.3. The molecule has 0 amide bonds. The van der Waals surface area contributed by atoms with Crippen LogP contribution in [-0.2, 0) is 0 Å². The van der Waals surface area contributed by atoms with Crippen molar-refractivity contribution in [1.82, 2.24) is 6.15 Å². The Morgan fingerprint density at radius 1 is 1.00 bits per heavy atom. The fourth-order valence-corrected chi connectivity index (χ4v) is 0.807. The van der Waals surface area contributed by atoms with Gasteiger partial charge in [-0.15, -0.1) is 17.0 Å². The summed E-state index contributed by atoms with van der Waals surface area (Å²) >= 11 is 0. The summed E-state index contributed by atoms with van der Waals surface area (Å²) in [6, 6.07) is 8.45. The molecule has 0 aromatic heterocycles. The number of aryl methyl sites for hydroxylation is 2. The highest BCUT2D eigenvalue weighted by atomic mass is 79.9. The summed E-state index contributed by atoms with van der Waals surface area (Å²) in [6.07, 6.45) is 0. The average molecular weight is 204 g/mol. The Bertz CT molecular complexity index is 169. The smallest absolute Gasteiger partial charge is 0.0398 e. The zero-order valence-electron chi connectivity index (χ0n) is 6.42. The van der Waals surface area contributed by atoms with Crippen molar-refractivity contribution in [2.45, 2.75) is 13.8 Å². The largest absolute Gasteiger partial charge is 0.344 e. The van der Waals surface area contributed by atoms with Crippen LogP contribution in [0.4, 0.5) is 0 Å². The van der Waals surface area contributed by atoms with Gasteiger partial charge in [0.15, 0.2) is 0 Å². The van der Waals surface area contributed by atoms with E-state index >= 15 is 0 Å². The van der Waals surface area contributed by atoms with Gasteiger partial charge in [0, 0.05) is 0 Å². The molecule has 0 aliphatic carbocycles. The molecule has 0 atom stereocenters. The van der Waals surface area contributed by atoms with Gasteiger partial charge in [-0.05, 0) is 13.8 Å². The van der Waals surface area contributed by atoms with Crippen molar-refractivity contribution in [3.8, 4) is 0 Å². The average Bonchev–Trinajstić information content (AvgIpc) is 1.64. The van der Waals surface area contributed by atoms with E-state index in [9.17, 15) is 0 Å². The second-order valence-corrected chi connectivity index (χ2v) is 2.16. The third kappa shape index (κ3) is 3.64. The molecule has 0 saturated carbocycles. The van der Waals surface area contributed by atoms with Gasteiger partial charge in [-0.3, -0.25) is 0 Å². The lowest BCUT2D eigenvalue weighted by Gasteiger charge is -1.90. The molecule has 10 heavy (non-hydrogen) atoms. The highest BCUT2D eigenvalue weighted by Crippen LogP contribution is 2.00. The molecule has 0 unspecified atom stereocenters. The van der Waals surface area contributed by atoms with Crippen LogP contribution in [0.15, 0.2) is 24.3 Å². The molecule has 0 spiro atoms. The van der Waals surface area contributed by atoms with Crippen molar-refractivity contribution in [2.24, 2.45) is 0 Å². The van der Waals surface area contributed by atoms with Crippen molar-refractivity contribution in [3.63, 3.8) is 0 Å². The topological polar surface area (TPSA) is 35.0 Å². The van der Waals surface area contributed by atoms with Gasteiger partial charge in [-0.2, -0.15) is 0 Å². The van der Waals surface area contributed by atoms with E-state index in [4.69, 9.17) is 0 Å². The zero-order chi connectivity index (χ0) is 5.98. The molecule has 1 nitrogen and oxygen atoms in total. The normalized spacial score (nSPS) is 7.40. The first-order valence-corrected chi connectivity index (χ1v) is 2.82. The summed E-state index contributed by atoms with van der Waals surface area (Å²) in [5.74, 6) is 0. The molecule has 0 fully saturated rings. The van der Waals surface area contributed by atoms with Crippen LogP contribution in [0.25, 0.3) is 0 Å². The van der Waals surface area contributed by atoms with Gasteiger partial charge in [0.05, 0.1) is 0 Å². The number of hydrogen-bond acceptors (Lipinski definition) is 1. The monoisotopic (exact) mass is 203 g/mol. The number of halogens is 1. The van der Waals surface area contributed by atoms with Gasteiger partial charge in [-0.1, -0.05) is 35.4 Å². The summed E-state index contributed by atoms with van der Waals surface area (Å²) in [5, 5.41) is 0. The summed E-state index contributed by atoms with van der Waals surface area (Å²) in [7, 11) is 0. The first-order chi connectivity index (χ1) is 3.79. The highest BCUT2D eigenvalue weighted by Gasteiger charge is 1.80. The Kier molecular flexibility index (Phi) is 6.72. The Hall–Kier alpha value is -0.340. The maximum atomic E-state index is 2.17. The molecule has 0 heterocycles. The molecule has 0 radical (unpaired) electrons. The minimum Gasteiger partial charge on any atom is -0.344 e. The molecular weight excluding hydrogens is 190 g/mol. The van der Waals surface area contributed by atoms with Gasteiger partial charge >= 0.3 is 0 Å². The van der Waals surface area contributed by atoms with Crippen LogP contribution in [-0.4, -0.2) is 0 Å². The molecule has 0 aliphatic heterocycles. The molecule has 1 rings (SSSR count). The molecule has 3 N–H and O–H groups in total. The predicted molar refractivity (Wildman–Crippen MR) is 51.3 cm³/mol. The molecule has 1 aromatic rings. The summed E-state index contributed by atoms with van der Waals surface area (Å²) in [6.45, 7) is 4.21. The quantitative estimate of drug-likeness (QED) is 0.692. The van der Waals surface area contributed by atoms with Gasteiger partial charge < -0.3 is 6.15 Å². The Labute approximate surface area is 72.8 Å². The molecule has 0 aliphatic rings. The van der Waals surface area contributed by atoms with Crippen LogP contribution in [0.2, 0.25) is 0 Å². The molecular formula is C8H14BrN. The van der Waals surface area contributed by atoms with Crippen LogP contribution in [0.1, 0.15) is 11.1 Å². The van der Waals surface area contributed by atoms with E-state index in [2.05, 4.69) is 38.1 Å². The van der Waals surface area contributed by atoms with Crippen molar-refractivity contribution < 1.29 is 0 Å². The predicted octanol–water partition coefficient (Wildman–Crippen LogP) is 3.04. The summed E-state index contributed by atoms with van der Waals surface area (Å²) in [4.78, 5) is 0. The number of benzene rings is 1. The second kappa shape index (κ2) is 5.45. The van der Waals surface area contributed by atoms with Gasteiger partial charge in [-0.25, -0.2) is 0 Å². The fraction of sp³-hybridized carbons (Fsp3) is 0.250. The van der Waals surface area contributed by atoms with Crippen LogP contribution in [0, 0.1) is 13.8 Å². The third-order valence-electron chi connectivity index (χ3n) is 1.17. The maximum absolute atomic E-state index is 2.17. The van der Waals surface area contributed by atoms with Crippen LogP contribution < -0.4 is 6.15 Å². The highest BCUT2D eigenvalue weighted by molar-refractivity contribution is 8.93. The Balaban J connectivity index is 0. The van der Waals surface area contributed by atoms with E-state index in [1.807, 2.05) is 0 Å². The van der Waals surface area contributed by atoms with Crippen molar-refractivity contribution >= 4 is 17.0 Å². The van der Waals surface area contributed by atoms with Crippen molar-refractivity contribution in [2.75, 3.05) is 0 Å². The molecule has 2 heteroatoms. The van der Waals surface area contributed by atoms with Crippen LogP contribution in [0.3, 0.4) is 0 Å². The lowest BCUT2D eigenvalue weighted by Crippen LogP contribution is -1.71. The molecule has 0 bridgehead atoms. The van der Waals surface area contributed by atoms with Crippen molar-refractivity contribution in [3.05, 3.63) is 35.4 Å². The van der Waals surface area contributed by atoms with E-state index in [0.717, 1.165) is 0 Å². The third-order valence-corrected chi connectivity index (χ3v) is 1.17. The second-order valence-electron chi connectivity index (χ2n) is 2.16. The Morgan fingerprint density at radius 2 is 1.40 bits per heavy atom. The minimum absolute atomic E-state index is 0. The van der Waals surface area contributed by atoms with Gasteiger partial charge in [0.1, 0.15) is 0 Å². The van der Waals surface area contributed by atoms with E-state index in [0.29, 0.717) is 0 Å². The van der Waals surface area contributed by atoms with E-state index in [1.165, 1.54) is 11.1 Å². The lowest BCUT2D eigenvalue weighted by molar-refractivity contribution is 1.39. The number of rotatable bonds is 0.